The lowest BCUT2D eigenvalue weighted by Crippen LogP contribution is -2.37. The standard InChI is InChI=1S/C19H19F4N3O/c20-16-4-2-1-3-13(16)5-8-18(27)25-15-9-10-26(12-15)17-7-6-14(11-24-17)19(21,22)23/h1-4,6-7,11,15H,5,8-10,12H2,(H,25,27). The molecule has 0 bridgehead atoms. The zero-order valence-electron chi connectivity index (χ0n) is 14.5. The number of aromatic nitrogens is 1. The van der Waals surface area contributed by atoms with Gasteiger partial charge < -0.3 is 10.2 Å². The van der Waals surface area contributed by atoms with Gasteiger partial charge in [0.15, 0.2) is 0 Å². The number of nitrogens with zero attached hydrogens (tertiary/aromatic N) is 2. The molecule has 0 aliphatic carbocycles. The number of benzene rings is 1. The van der Waals surface area contributed by atoms with E-state index < -0.39 is 11.7 Å². The first kappa shape index (κ1) is 19.1. The van der Waals surface area contributed by atoms with E-state index in [2.05, 4.69) is 10.3 Å². The lowest BCUT2D eigenvalue weighted by molar-refractivity contribution is -0.137. The number of alkyl halides is 3. The summed E-state index contributed by atoms with van der Waals surface area (Å²) in [6.45, 7) is 1.07. The number of amides is 1. The van der Waals surface area contributed by atoms with Crippen molar-refractivity contribution >= 4 is 11.7 Å². The molecule has 1 aromatic carbocycles. The number of anilines is 1. The Hall–Kier alpha value is -2.64. The monoisotopic (exact) mass is 381 g/mol. The van der Waals surface area contributed by atoms with Crippen LogP contribution in [0.25, 0.3) is 0 Å². The number of hydrogen-bond donors (Lipinski definition) is 1. The molecule has 2 heterocycles. The van der Waals surface area contributed by atoms with Gasteiger partial charge in [0.2, 0.25) is 5.91 Å². The summed E-state index contributed by atoms with van der Waals surface area (Å²) in [5, 5.41) is 2.89. The fraction of sp³-hybridized carbons (Fsp3) is 0.368. The van der Waals surface area contributed by atoms with Crippen LogP contribution in [0, 0.1) is 5.82 Å². The smallest absolute Gasteiger partial charge is 0.354 e. The van der Waals surface area contributed by atoms with Crippen molar-refractivity contribution < 1.29 is 22.4 Å². The molecule has 3 rings (SSSR count). The van der Waals surface area contributed by atoms with Gasteiger partial charge in [0.25, 0.3) is 0 Å². The number of hydrogen-bond acceptors (Lipinski definition) is 3. The highest BCUT2D eigenvalue weighted by Gasteiger charge is 2.31. The van der Waals surface area contributed by atoms with Crippen LogP contribution in [0.5, 0.6) is 0 Å². The summed E-state index contributed by atoms with van der Waals surface area (Å²) in [6.07, 6.45) is -2.43. The molecule has 1 aliphatic heterocycles. The van der Waals surface area contributed by atoms with Crippen LogP contribution in [0.4, 0.5) is 23.4 Å². The fourth-order valence-corrected chi connectivity index (χ4v) is 3.08. The normalized spacial score (nSPS) is 17.2. The lowest BCUT2D eigenvalue weighted by Gasteiger charge is -2.18. The van der Waals surface area contributed by atoms with Crippen molar-refractivity contribution in [3.63, 3.8) is 0 Å². The summed E-state index contributed by atoms with van der Waals surface area (Å²) in [7, 11) is 0. The van der Waals surface area contributed by atoms with Gasteiger partial charge in [-0.15, -0.1) is 0 Å². The van der Waals surface area contributed by atoms with E-state index in [1.807, 2.05) is 4.90 Å². The number of rotatable bonds is 5. The molecule has 144 valence electrons. The quantitative estimate of drug-likeness (QED) is 0.806. The first-order valence-corrected chi connectivity index (χ1v) is 8.64. The van der Waals surface area contributed by atoms with Crippen molar-refractivity contribution in [1.82, 2.24) is 10.3 Å². The maximum atomic E-state index is 13.6. The van der Waals surface area contributed by atoms with Crippen molar-refractivity contribution in [3.05, 3.63) is 59.5 Å². The van der Waals surface area contributed by atoms with Gasteiger partial charge in [-0.3, -0.25) is 4.79 Å². The summed E-state index contributed by atoms with van der Waals surface area (Å²) in [6, 6.07) is 8.56. The largest absolute Gasteiger partial charge is 0.417 e. The Kier molecular flexibility index (Phi) is 5.62. The summed E-state index contributed by atoms with van der Waals surface area (Å²) in [5.41, 5.74) is -0.293. The summed E-state index contributed by atoms with van der Waals surface area (Å²) < 4.78 is 51.4. The minimum atomic E-state index is -4.41. The van der Waals surface area contributed by atoms with Crippen LogP contribution in [0.15, 0.2) is 42.6 Å². The molecule has 0 radical (unpaired) electrons. The SMILES string of the molecule is O=C(CCc1ccccc1F)NC1CCN(c2ccc(C(F)(F)F)cn2)C1. The number of aryl methyl sites for hydroxylation is 1. The van der Waals surface area contributed by atoms with Crippen LogP contribution < -0.4 is 10.2 Å². The van der Waals surface area contributed by atoms with Gasteiger partial charge in [-0.2, -0.15) is 13.2 Å². The molecule has 1 saturated heterocycles. The second-order valence-corrected chi connectivity index (χ2v) is 6.49. The van der Waals surface area contributed by atoms with E-state index in [1.165, 1.54) is 12.1 Å². The Labute approximate surface area is 154 Å². The molecule has 1 N–H and O–H groups in total. The lowest BCUT2D eigenvalue weighted by atomic mass is 10.1. The van der Waals surface area contributed by atoms with E-state index in [-0.39, 0.29) is 24.2 Å². The van der Waals surface area contributed by atoms with Crippen LogP contribution in [-0.4, -0.2) is 30.0 Å². The molecular weight excluding hydrogens is 362 g/mol. The van der Waals surface area contributed by atoms with Crippen LogP contribution >= 0.6 is 0 Å². The highest BCUT2D eigenvalue weighted by atomic mass is 19.4. The van der Waals surface area contributed by atoms with Crippen molar-refractivity contribution in [2.45, 2.75) is 31.5 Å². The molecule has 0 saturated carbocycles. The second kappa shape index (κ2) is 7.94. The highest BCUT2D eigenvalue weighted by molar-refractivity contribution is 5.76. The van der Waals surface area contributed by atoms with Crippen LogP contribution in [-0.2, 0) is 17.4 Å². The topological polar surface area (TPSA) is 45.2 Å². The average Bonchev–Trinajstić information content (AvgIpc) is 3.09. The molecule has 1 aliphatic rings. The Morgan fingerprint density at radius 1 is 1.22 bits per heavy atom. The fourth-order valence-electron chi connectivity index (χ4n) is 3.08. The predicted octanol–water partition coefficient (Wildman–Crippen LogP) is 3.57. The molecule has 8 heteroatoms. The number of halogens is 4. The van der Waals surface area contributed by atoms with E-state index in [4.69, 9.17) is 0 Å². The summed E-state index contributed by atoms with van der Waals surface area (Å²) in [5.74, 6) is -0.0534. The molecule has 1 atom stereocenters. The molecule has 1 aromatic heterocycles. The molecular formula is C19H19F4N3O. The molecule has 2 aromatic rings. The van der Waals surface area contributed by atoms with Crippen LogP contribution in [0.2, 0.25) is 0 Å². The summed E-state index contributed by atoms with van der Waals surface area (Å²) in [4.78, 5) is 17.8. The van der Waals surface area contributed by atoms with Gasteiger partial charge in [0.05, 0.1) is 5.56 Å². The second-order valence-electron chi connectivity index (χ2n) is 6.49. The number of carbonyl (C=O) groups excluding carboxylic acids is 1. The van der Waals surface area contributed by atoms with Crippen LogP contribution in [0.1, 0.15) is 24.0 Å². The van der Waals surface area contributed by atoms with Gasteiger partial charge in [-0.25, -0.2) is 9.37 Å². The minimum absolute atomic E-state index is 0.109. The molecule has 0 spiro atoms. The van der Waals surface area contributed by atoms with Gasteiger partial charge in [-0.1, -0.05) is 18.2 Å². The third-order valence-electron chi connectivity index (χ3n) is 4.53. The minimum Gasteiger partial charge on any atom is -0.354 e. The molecule has 27 heavy (non-hydrogen) atoms. The van der Waals surface area contributed by atoms with E-state index in [9.17, 15) is 22.4 Å². The first-order chi connectivity index (χ1) is 12.8. The van der Waals surface area contributed by atoms with E-state index >= 15 is 0 Å². The summed E-state index contributed by atoms with van der Waals surface area (Å²) >= 11 is 0. The predicted molar refractivity (Wildman–Crippen MR) is 92.7 cm³/mol. The Balaban J connectivity index is 1.49. The third-order valence-corrected chi connectivity index (χ3v) is 4.53. The van der Waals surface area contributed by atoms with Gasteiger partial charge in [0.1, 0.15) is 11.6 Å². The van der Waals surface area contributed by atoms with Gasteiger partial charge >= 0.3 is 6.18 Å². The van der Waals surface area contributed by atoms with E-state index in [1.54, 1.807) is 18.2 Å². The van der Waals surface area contributed by atoms with E-state index in [0.717, 1.165) is 12.3 Å². The molecule has 1 amide bonds. The number of pyridine rings is 1. The third kappa shape index (κ3) is 4.96. The first-order valence-electron chi connectivity index (χ1n) is 8.64. The van der Waals surface area contributed by atoms with Crippen molar-refractivity contribution in [2.24, 2.45) is 0 Å². The zero-order valence-corrected chi connectivity index (χ0v) is 14.5. The molecule has 1 unspecified atom stereocenters. The Bertz CT molecular complexity index is 792. The van der Waals surface area contributed by atoms with Gasteiger partial charge in [0, 0.05) is 31.7 Å². The van der Waals surface area contributed by atoms with Gasteiger partial charge in [-0.05, 0) is 36.6 Å². The zero-order chi connectivity index (χ0) is 19.4. The van der Waals surface area contributed by atoms with Crippen LogP contribution in [0.3, 0.4) is 0 Å². The number of nitrogens with one attached hydrogen (secondary N) is 1. The highest BCUT2D eigenvalue weighted by Crippen LogP contribution is 2.29. The maximum absolute atomic E-state index is 13.6. The average molecular weight is 381 g/mol. The Morgan fingerprint density at radius 3 is 2.67 bits per heavy atom. The van der Waals surface area contributed by atoms with Crippen molar-refractivity contribution in [1.29, 1.82) is 0 Å². The van der Waals surface area contributed by atoms with Crippen molar-refractivity contribution in [3.8, 4) is 0 Å². The van der Waals surface area contributed by atoms with Crippen molar-refractivity contribution in [2.75, 3.05) is 18.0 Å². The number of carbonyl (C=O) groups is 1. The molecule has 1 fully saturated rings. The maximum Gasteiger partial charge on any atom is 0.417 e. The molecule has 4 nitrogen and oxygen atoms in total. The van der Waals surface area contributed by atoms with E-state index in [0.29, 0.717) is 37.3 Å². The Morgan fingerprint density at radius 2 is 2.00 bits per heavy atom.